The molecule has 1 aromatic carbocycles. The molecule has 0 unspecified atom stereocenters. The van der Waals surface area contributed by atoms with Crippen molar-refractivity contribution in [2.75, 3.05) is 7.11 Å². The highest BCUT2D eigenvalue weighted by molar-refractivity contribution is 9.10. The van der Waals surface area contributed by atoms with Gasteiger partial charge in [0.05, 0.1) is 12.0 Å². The van der Waals surface area contributed by atoms with Crippen LogP contribution in [-0.2, 0) is 14.8 Å². The van der Waals surface area contributed by atoms with Gasteiger partial charge in [-0.3, -0.25) is 4.79 Å². The zero-order valence-corrected chi connectivity index (χ0v) is 13.7. The van der Waals surface area contributed by atoms with Gasteiger partial charge in [0.25, 0.3) is 0 Å². The first-order valence-corrected chi connectivity index (χ1v) is 8.05. The summed E-state index contributed by atoms with van der Waals surface area (Å²) >= 11 is 3.14. The number of ether oxygens (including phenoxy) is 1. The van der Waals surface area contributed by atoms with E-state index in [0.717, 1.165) is 0 Å². The van der Waals surface area contributed by atoms with Gasteiger partial charge < -0.3 is 9.84 Å². The minimum atomic E-state index is -3.97. The summed E-state index contributed by atoms with van der Waals surface area (Å²) in [7, 11) is -2.55. The summed E-state index contributed by atoms with van der Waals surface area (Å²) < 4.78 is 32.1. The molecule has 0 aliphatic rings. The van der Waals surface area contributed by atoms with Crippen LogP contribution in [0.4, 0.5) is 0 Å². The Hall–Kier alpha value is -1.12. The molecule has 0 aliphatic carbocycles. The minimum Gasteiger partial charge on any atom is -0.497 e. The largest absolute Gasteiger partial charge is 0.497 e. The minimum absolute atomic E-state index is 0.0660. The third-order valence-electron chi connectivity index (χ3n) is 2.64. The Balaban J connectivity index is 3.20. The number of carbonyl (C=O) groups is 1. The lowest BCUT2D eigenvalue weighted by Gasteiger charge is -2.18. The number of sulfonamides is 1. The van der Waals surface area contributed by atoms with E-state index in [1.54, 1.807) is 19.9 Å². The first-order chi connectivity index (χ1) is 9.19. The van der Waals surface area contributed by atoms with E-state index in [1.165, 1.54) is 19.2 Å². The number of hydrogen-bond acceptors (Lipinski definition) is 4. The number of carboxylic acids is 1. The number of methoxy groups -OCH3 is 1. The van der Waals surface area contributed by atoms with Gasteiger partial charge in [0.1, 0.15) is 11.8 Å². The summed E-state index contributed by atoms with van der Waals surface area (Å²) in [5, 5.41) is 9.06. The maximum absolute atomic E-state index is 12.3. The monoisotopic (exact) mass is 365 g/mol. The summed E-state index contributed by atoms with van der Waals surface area (Å²) in [6.07, 6.45) is 0. The number of rotatable bonds is 6. The van der Waals surface area contributed by atoms with Crippen LogP contribution in [-0.4, -0.2) is 32.6 Å². The van der Waals surface area contributed by atoms with Crippen LogP contribution >= 0.6 is 15.9 Å². The molecule has 0 aliphatic heterocycles. The van der Waals surface area contributed by atoms with Crippen molar-refractivity contribution in [2.45, 2.75) is 24.8 Å². The van der Waals surface area contributed by atoms with Crippen molar-refractivity contribution in [3.05, 3.63) is 22.7 Å². The molecule has 0 heterocycles. The Morgan fingerprint density at radius 2 is 2.00 bits per heavy atom. The molecule has 0 amide bonds. The predicted octanol–water partition coefficient (Wildman–Crippen LogP) is 1.85. The lowest BCUT2D eigenvalue weighted by Crippen LogP contribution is -2.44. The van der Waals surface area contributed by atoms with Crippen LogP contribution in [0.5, 0.6) is 5.75 Å². The molecule has 0 fully saturated rings. The smallest absolute Gasteiger partial charge is 0.322 e. The highest BCUT2D eigenvalue weighted by atomic mass is 79.9. The first-order valence-electron chi connectivity index (χ1n) is 5.77. The standard InChI is InChI=1S/C12H16BrNO5S/c1-7(2)11(12(15)16)14-20(17,18)10-6-8(19-3)4-5-9(10)13/h4-7,11,14H,1-3H3,(H,15,16)/t11-/m0/s1. The van der Waals surface area contributed by atoms with E-state index in [-0.39, 0.29) is 10.8 Å². The first kappa shape index (κ1) is 16.9. The van der Waals surface area contributed by atoms with E-state index in [2.05, 4.69) is 20.7 Å². The molecular formula is C12H16BrNO5S. The van der Waals surface area contributed by atoms with E-state index in [1.807, 2.05) is 0 Å². The van der Waals surface area contributed by atoms with Crippen LogP contribution in [0.1, 0.15) is 13.8 Å². The summed E-state index contributed by atoms with van der Waals surface area (Å²) in [4.78, 5) is 11.0. The second kappa shape index (κ2) is 6.55. The number of aliphatic carboxylic acids is 1. The van der Waals surface area contributed by atoms with Crippen LogP contribution in [0.2, 0.25) is 0 Å². The molecule has 1 rings (SSSR count). The van der Waals surface area contributed by atoms with Crippen molar-refractivity contribution in [3.63, 3.8) is 0 Å². The molecule has 0 spiro atoms. The molecule has 112 valence electrons. The Morgan fingerprint density at radius 3 is 2.45 bits per heavy atom. The van der Waals surface area contributed by atoms with Gasteiger partial charge in [0.2, 0.25) is 10.0 Å². The van der Waals surface area contributed by atoms with Gasteiger partial charge in [0.15, 0.2) is 0 Å². The lowest BCUT2D eigenvalue weighted by molar-refractivity contribution is -0.140. The van der Waals surface area contributed by atoms with Crippen molar-refractivity contribution in [3.8, 4) is 5.75 Å². The molecule has 1 atom stereocenters. The van der Waals surface area contributed by atoms with Gasteiger partial charge in [0, 0.05) is 10.5 Å². The van der Waals surface area contributed by atoms with Gasteiger partial charge in [-0.1, -0.05) is 13.8 Å². The van der Waals surface area contributed by atoms with Gasteiger partial charge >= 0.3 is 5.97 Å². The topological polar surface area (TPSA) is 92.7 Å². The van der Waals surface area contributed by atoms with E-state index in [9.17, 15) is 13.2 Å². The molecule has 2 N–H and O–H groups in total. The zero-order chi connectivity index (χ0) is 15.5. The zero-order valence-electron chi connectivity index (χ0n) is 11.3. The molecule has 0 aromatic heterocycles. The summed E-state index contributed by atoms with van der Waals surface area (Å²) in [5.74, 6) is -1.24. The quantitative estimate of drug-likeness (QED) is 0.802. The van der Waals surface area contributed by atoms with Gasteiger partial charge in [-0.25, -0.2) is 8.42 Å². The molecule has 8 heteroatoms. The number of carboxylic acid groups (broad SMARTS) is 1. The lowest BCUT2D eigenvalue weighted by atomic mass is 10.1. The van der Waals surface area contributed by atoms with Crippen LogP contribution in [0.3, 0.4) is 0 Å². The fourth-order valence-corrected chi connectivity index (χ4v) is 3.84. The Morgan fingerprint density at radius 1 is 1.40 bits per heavy atom. The number of nitrogens with one attached hydrogen (secondary N) is 1. The SMILES string of the molecule is COc1ccc(Br)c(S(=O)(=O)N[C@H](C(=O)O)C(C)C)c1. The second-order valence-electron chi connectivity index (χ2n) is 4.48. The Bertz CT molecular complexity index is 600. The fourth-order valence-electron chi connectivity index (χ4n) is 1.52. The van der Waals surface area contributed by atoms with E-state index in [4.69, 9.17) is 9.84 Å². The Labute approximate surface area is 126 Å². The van der Waals surface area contributed by atoms with Crippen molar-refractivity contribution >= 4 is 31.9 Å². The number of halogens is 1. The van der Waals surface area contributed by atoms with Gasteiger partial charge in [-0.2, -0.15) is 4.72 Å². The van der Waals surface area contributed by atoms with Gasteiger partial charge in [-0.15, -0.1) is 0 Å². The molecule has 0 radical (unpaired) electrons. The van der Waals surface area contributed by atoms with Crippen molar-refractivity contribution in [2.24, 2.45) is 5.92 Å². The molecule has 6 nitrogen and oxygen atoms in total. The molecule has 0 bridgehead atoms. The van der Waals surface area contributed by atoms with Crippen molar-refractivity contribution in [1.29, 1.82) is 0 Å². The molecule has 20 heavy (non-hydrogen) atoms. The second-order valence-corrected chi connectivity index (χ2v) is 7.01. The number of benzene rings is 1. The average molecular weight is 366 g/mol. The summed E-state index contributed by atoms with van der Waals surface area (Å²) in [6, 6.07) is 3.25. The van der Waals surface area contributed by atoms with E-state index >= 15 is 0 Å². The van der Waals surface area contributed by atoms with E-state index in [0.29, 0.717) is 10.2 Å². The van der Waals surface area contributed by atoms with Crippen LogP contribution in [0.15, 0.2) is 27.6 Å². The van der Waals surface area contributed by atoms with E-state index < -0.39 is 22.0 Å². The normalized spacial score (nSPS) is 13.2. The number of hydrogen-bond donors (Lipinski definition) is 2. The highest BCUT2D eigenvalue weighted by Crippen LogP contribution is 2.27. The van der Waals surface area contributed by atoms with Crippen molar-refractivity contribution in [1.82, 2.24) is 4.72 Å². The predicted molar refractivity (Wildman–Crippen MR) is 77.3 cm³/mol. The summed E-state index contributed by atoms with van der Waals surface area (Å²) in [6.45, 7) is 3.25. The maximum atomic E-state index is 12.3. The van der Waals surface area contributed by atoms with Gasteiger partial charge in [-0.05, 0) is 34.0 Å². The van der Waals surface area contributed by atoms with Crippen molar-refractivity contribution < 1.29 is 23.1 Å². The van der Waals surface area contributed by atoms with Crippen LogP contribution < -0.4 is 9.46 Å². The van der Waals surface area contributed by atoms with Crippen LogP contribution in [0, 0.1) is 5.92 Å². The molecule has 0 saturated carbocycles. The summed E-state index contributed by atoms with van der Waals surface area (Å²) in [5.41, 5.74) is 0. The third kappa shape index (κ3) is 3.94. The van der Waals surface area contributed by atoms with Crippen LogP contribution in [0.25, 0.3) is 0 Å². The highest BCUT2D eigenvalue weighted by Gasteiger charge is 2.29. The Kier molecular flexibility index (Phi) is 5.55. The third-order valence-corrected chi connectivity index (χ3v) is 5.08. The molecule has 0 saturated heterocycles. The molecular weight excluding hydrogens is 350 g/mol. The maximum Gasteiger partial charge on any atom is 0.322 e. The molecule has 1 aromatic rings. The fraction of sp³-hybridized carbons (Fsp3) is 0.417. The average Bonchev–Trinajstić information content (AvgIpc) is 2.35.